The average molecular weight is 247 g/mol. The standard InChI is InChI=1S/C16H25NO/c1-4-5-6-7-14-8-10-15(11-9-14)16(18)12-13-17(2)3/h8-11H,4-7,12-13H2,1-3H3. The first kappa shape index (κ1) is 14.9. The fourth-order valence-electron chi connectivity index (χ4n) is 1.91. The molecule has 0 heterocycles. The van der Waals surface area contributed by atoms with Crippen LogP contribution in [0.1, 0.15) is 48.5 Å². The van der Waals surface area contributed by atoms with Crippen LogP contribution >= 0.6 is 0 Å². The summed E-state index contributed by atoms with van der Waals surface area (Å²) in [6, 6.07) is 8.13. The lowest BCUT2D eigenvalue weighted by atomic mass is 10.0. The second-order valence-corrected chi connectivity index (χ2v) is 5.13. The van der Waals surface area contributed by atoms with E-state index in [0.29, 0.717) is 6.42 Å². The maximum absolute atomic E-state index is 11.9. The van der Waals surface area contributed by atoms with Crippen LogP contribution in [0.2, 0.25) is 0 Å². The summed E-state index contributed by atoms with van der Waals surface area (Å²) in [5.74, 6) is 0.240. The molecule has 0 spiro atoms. The maximum atomic E-state index is 11.9. The number of carbonyl (C=O) groups excluding carboxylic acids is 1. The van der Waals surface area contributed by atoms with Crippen molar-refractivity contribution in [3.8, 4) is 0 Å². The predicted octanol–water partition coefficient (Wildman–Crippen LogP) is 3.55. The number of Topliss-reactive ketones (excluding diaryl/α,β-unsaturated/α-hetero) is 1. The van der Waals surface area contributed by atoms with Gasteiger partial charge >= 0.3 is 0 Å². The second kappa shape index (κ2) is 8.04. The summed E-state index contributed by atoms with van der Waals surface area (Å²) < 4.78 is 0. The third-order valence-corrected chi connectivity index (χ3v) is 3.13. The summed E-state index contributed by atoms with van der Waals surface area (Å²) in [7, 11) is 3.98. The summed E-state index contributed by atoms with van der Waals surface area (Å²) in [4.78, 5) is 13.9. The molecule has 1 rings (SSSR count). The zero-order chi connectivity index (χ0) is 13.4. The van der Waals surface area contributed by atoms with Crippen LogP contribution in [0.15, 0.2) is 24.3 Å². The highest BCUT2D eigenvalue weighted by Crippen LogP contribution is 2.10. The van der Waals surface area contributed by atoms with Gasteiger partial charge in [-0.3, -0.25) is 4.79 Å². The Bertz CT molecular complexity index is 354. The third-order valence-electron chi connectivity index (χ3n) is 3.13. The van der Waals surface area contributed by atoms with Gasteiger partial charge < -0.3 is 4.90 Å². The first-order valence-corrected chi connectivity index (χ1v) is 6.90. The molecule has 0 aliphatic rings. The molecule has 0 aromatic heterocycles. The fraction of sp³-hybridized carbons (Fsp3) is 0.562. The SMILES string of the molecule is CCCCCc1ccc(C(=O)CCN(C)C)cc1. The lowest BCUT2D eigenvalue weighted by Crippen LogP contribution is -2.16. The molecule has 0 radical (unpaired) electrons. The number of hydrogen-bond donors (Lipinski definition) is 0. The van der Waals surface area contributed by atoms with Crippen LogP contribution in [0.5, 0.6) is 0 Å². The van der Waals surface area contributed by atoms with Gasteiger partial charge in [0.2, 0.25) is 0 Å². The van der Waals surface area contributed by atoms with Gasteiger partial charge in [0.05, 0.1) is 0 Å². The van der Waals surface area contributed by atoms with Gasteiger partial charge in [-0.15, -0.1) is 0 Å². The Labute approximate surface area is 111 Å². The molecule has 0 aliphatic carbocycles. The zero-order valence-electron chi connectivity index (χ0n) is 11.9. The Balaban J connectivity index is 2.46. The number of aryl methyl sites for hydroxylation is 1. The van der Waals surface area contributed by atoms with Gasteiger partial charge in [0.25, 0.3) is 0 Å². The van der Waals surface area contributed by atoms with E-state index < -0.39 is 0 Å². The quantitative estimate of drug-likeness (QED) is 0.517. The molecule has 0 fully saturated rings. The van der Waals surface area contributed by atoms with Crippen LogP contribution in [-0.4, -0.2) is 31.3 Å². The average Bonchev–Trinajstić information content (AvgIpc) is 2.37. The minimum absolute atomic E-state index is 0.240. The molecule has 0 N–H and O–H groups in total. The Hall–Kier alpha value is -1.15. The normalized spacial score (nSPS) is 10.9. The zero-order valence-corrected chi connectivity index (χ0v) is 11.9. The molecule has 0 bridgehead atoms. The van der Waals surface area contributed by atoms with Gasteiger partial charge in [0.1, 0.15) is 0 Å². The van der Waals surface area contributed by atoms with E-state index in [-0.39, 0.29) is 5.78 Å². The Morgan fingerprint density at radius 2 is 1.78 bits per heavy atom. The van der Waals surface area contributed by atoms with Crippen molar-refractivity contribution in [3.63, 3.8) is 0 Å². The minimum atomic E-state index is 0.240. The van der Waals surface area contributed by atoms with Crippen LogP contribution in [0.4, 0.5) is 0 Å². The molecule has 0 aliphatic heterocycles. The number of nitrogens with zero attached hydrogens (tertiary/aromatic N) is 1. The van der Waals surface area contributed by atoms with Crippen LogP contribution in [0, 0.1) is 0 Å². The molecular formula is C16H25NO. The fourth-order valence-corrected chi connectivity index (χ4v) is 1.91. The molecule has 1 aromatic carbocycles. The van der Waals surface area contributed by atoms with Crippen molar-refractivity contribution in [3.05, 3.63) is 35.4 Å². The van der Waals surface area contributed by atoms with E-state index >= 15 is 0 Å². The molecule has 1 aromatic rings. The van der Waals surface area contributed by atoms with Crippen molar-refractivity contribution in [2.75, 3.05) is 20.6 Å². The highest BCUT2D eigenvalue weighted by Gasteiger charge is 2.06. The second-order valence-electron chi connectivity index (χ2n) is 5.13. The maximum Gasteiger partial charge on any atom is 0.164 e. The number of benzene rings is 1. The predicted molar refractivity (Wildman–Crippen MR) is 77.2 cm³/mol. The van der Waals surface area contributed by atoms with E-state index in [2.05, 4.69) is 19.1 Å². The first-order valence-electron chi connectivity index (χ1n) is 6.90. The Morgan fingerprint density at radius 3 is 2.33 bits per heavy atom. The Morgan fingerprint density at radius 1 is 1.11 bits per heavy atom. The largest absolute Gasteiger partial charge is 0.309 e. The van der Waals surface area contributed by atoms with E-state index in [0.717, 1.165) is 18.5 Å². The van der Waals surface area contributed by atoms with Crippen LogP contribution in [0.3, 0.4) is 0 Å². The number of ketones is 1. The van der Waals surface area contributed by atoms with Crippen LogP contribution in [-0.2, 0) is 6.42 Å². The van der Waals surface area contributed by atoms with E-state index in [1.54, 1.807) is 0 Å². The smallest absolute Gasteiger partial charge is 0.164 e. The van der Waals surface area contributed by atoms with E-state index in [9.17, 15) is 4.79 Å². The number of hydrogen-bond acceptors (Lipinski definition) is 2. The minimum Gasteiger partial charge on any atom is -0.309 e. The molecule has 0 atom stereocenters. The molecule has 0 amide bonds. The van der Waals surface area contributed by atoms with Crippen molar-refractivity contribution in [2.24, 2.45) is 0 Å². The first-order chi connectivity index (χ1) is 8.63. The number of unbranched alkanes of at least 4 members (excludes halogenated alkanes) is 2. The van der Waals surface area contributed by atoms with Gasteiger partial charge in [-0.25, -0.2) is 0 Å². The summed E-state index contributed by atoms with van der Waals surface area (Å²) in [5.41, 5.74) is 2.18. The highest BCUT2D eigenvalue weighted by atomic mass is 16.1. The molecule has 18 heavy (non-hydrogen) atoms. The topological polar surface area (TPSA) is 20.3 Å². The van der Waals surface area contributed by atoms with Crippen LogP contribution < -0.4 is 0 Å². The molecule has 2 nitrogen and oxygen atoms in total. The van der Waals surface area contributed by atoms with Gasteiger partial charge in [0, 0.05) is 18.5 Å². The number of rotatable bonds is 8. The van der Waals surface area contributed by atoms with E-state index in [4.69, 9.17) is 0 Å². The molecule has 2 heteroatoms. The molecule has 0 unspecified atom stereocenters. The van der Waals surface area contributed by atoms with Crippen LogP contribution in [0.25, 0.3) is 0 Å². The Kier molecular flexibility index (Phi) is 6.66. The van der Waals surface area contributed by atoms with Gasteiger partial charge in [-0.1, -0.05) is 44.0 Å². The molecule has 0 saturated heterocycles. The molecule has 0 saturated carbocycles. The van der Waals surface area contributed by atoms with Crippen molar-refractivity contribution in [2.45, 2.75) is 39.0 Å². The van der Waals surface area contributed by atoms with Crippen molar-refractivity contribution in [1.82, 2.24) is 4.90 Å². The van der Waals surface area contributed by atoms with Gasteiger partial charge in [-0.2, -0.15) is 0 Å². The third kappa shape index (κ3) is 5.46. The van der Waals surface area contributed by atoms with Crippen molar-refractivity contribution >= 4 is 5.78 Å². The summed E-state index contributed by atoms with van der Waals surface area (Å²) in [6.45, 7) is 3.03. The van der Waals surface area contributed by atoms with Gasteiger partial charge in [0.15, 0.2) is 5.78 Å². The lowest BCUT2D eigenvalue weighted by molar-refractivity contribution is 0.0972. The highest BCUT2D eigenvalue weighted by molar-refractivity contribution is 5.96. The molecule has 100 valence electrons. The molecular weight excluding hydrogens is 222 g/mol. The van der Waals surface area contributed by atoms with Crippen molar-refractivity contribution in [1.29, 1.82) is 0 Å². The lowest BCUT2D eigenvalue weighted by Gasteiger charge is -2.08. The van der Waals surface area contributed by atoms with E-state index in [1.807, 2.05) is 31.1 Å². The van der Waals surface area contributed by atoms with E-state index in [1.165, 1.54) is 24.8 Å². The summed E-state index contributed by atoms with van der Waals surface area (Å²) >= 11 is 0. The number of carbonyl (C=O) groups is 1. The summed E-state index contributed by atoms with van der Waals surface area (Å²) in [5, 5.41) is 0. The van der Waals surface area contributed by atoms with Gasteiger partial charge in [-0.05, 0) is 32.5 Å². The summed E-state index contributed by atoms with van der Waals surface area (Å²) in [6.07, 6.45) is 5.50. The van der Waals surface area contributed by atoms with Crippen molar-refractivity contribution < 1.29 is 4.79 Å². The monoisotopic (exact) mass is 247 g/mol.